The van der Waals surface area contributed by atoms with E-state index in [-0.39, 0.29) is 31.4 Å². The normalized spacial score (nSPS) is 26.9. The highest BCUT2D eigenvalue weighted by Gasteiger charge is 2.46. The second kappa shape index (κ2) is 8.02. The van der Waals surface area contributed by atoms with Crippen molar-refractivity contribution < 1.29 is 22.4 Å². The number of carbonyl (C=O) groups is 2. The van der Waals surface area contributed by atoms with Gasteiger partial charge in [0.05, 0.1) is 0 Å². The van der Waals surface area contributed by atoms with Gasteiger partial charge in [0.1, 0.15) is 22.8 Å². The first-order chi connectivity index (χ1) is 13.9. The highest BCUT2D eigenvalue weighted by Crippen LogP contribution is 2.30. The lowest BCUT2D eigenvalue weighted by Gasteiger charge is -2.45. The van der Waals surface area contributed by atoms with Gasteiger partial charge in [0.2, 0.25) is 21.8 Å². The molecule has 0 unspecified atom stereocenters. The molecule has 3 aliphatic rings. The van der Waals surface area contributed by atoms with Crippen molar-refractivity contribution in [1.29, 1.82) is 0 Å². The number of halogens is 1. The molecule has 1 aromatic rings. The van der Waals surface area contributed by atoms with Crippen molar-refractivity contribution in [3.05, 3.63) is 30.1 Å². The molecule has 2 atom stereocenters. The Labute approximate surface area is 170 Å². The molecule has 0 radical (unpaired) electrons. The smallest absolute Gasteiger partial charge is 0.246 e. The molecule has 2 saturated heterocycles. The van der Waals surface area contributed by atoms with Gasteiger partial charge in [0.15, 0.2) is 0 Å². The Morgan fingerprint density at radius 1 is 1.07 bits per heavy atom. The number of nitrogens with one attached hydrogen (secondary N) is 1. The lowest BCUT2D eigenvalue weighted by Crippen LogP contribution is -2.69. The first-order valence-electron chi connectivity index (χ1n) is 10.2. The predicted octanol–water partition coefficient (Wildman–Crippen LogP) is 1.50. The monoisotopic (exact) mass is 423 g/mol. The molecule has 0 spiro atoms. The van der Waals surface area contributed by atoms with E-state index in [1.807, 2.05) is 0 Å². The highest BCUT2D eigenvalue weighted by molar-refractivity contribution is 7.89. The van der Waals surface area contributed by atoms with E-state index in [2.05, 4.69) is 5.32 Å². The number of hydrogen-bond donors (Lipinski definition) is 1. The largest absolute Gasteiger partial charge is 0.342 e. The number of nitrogens with zero attached hydrogens (tertiary/aromatic N) is 2. The lowest BCUT2D eigenvalue weighted by atomic mass is 9.84. The van der Waals surface area contributed by atoms with Gasteiger partial charge in [-0.2, -0.15) is 4.31 Å². The fourth-order valence-corrected chi connectivity index (χ4v) is 6.21. The van der Waals surface area contributed by atoms with E-state index in [4.69, 9.17) is 0 Å². The van der Waals surface area contributed by atoms with Crippen LogP contribution in [0.4, 0.5) is 4.39 Å². The summed E-state index contributed by atoms with van der Waals surface area (Å²) in [6.07, 6.45) is 6.35. The van der Waals surface area contributed by atoms with E-state index in [0.717, 1.165) is 36.1 Å². The Hall–Kier alpha value is -2.00. The molecule has 2 amide bonds. The van der Waals surface area contributed by atoms with Crippen LogP contribution < -0.4 is 5.32 Å². The average Bonchev–Trinajstić information content (AvgIpc) is 2.72. The summed E-state index contributed by atoms with van der Waals surface area (Å²) in [5, 5.41) is 2.81. The Morgan fingerprint density at radius 3 is 2.52 bits per heavy atom. The van der Waals surface area contributed by atoms with E-state index in [1.54, 1.807) is 0 Å². The van der Waals surface area contributed by atoms with Crippen LogP contribution in [0.15, 0.2) is 29.2 Å². The average molecular weight is 424 g/mol. The summed E-state index contributed by atoms with van der Waals surface area (Å²) >= 11 is 0. The van der Waals surface area contributed by atoms with Crippen LogP contribution in [0, 0.1) is 11.7 Å². The van der Waals surface area contributed by atoms with Gasteiger partial charge in [-0.05, 0) is 24.5 Å². The number of rotatable bonds is 4. The van der Waals surface area contributed by atoms with E-state index in [1.165, 1.54) is 29.5 Å². The minimum atomic E-state index is -4.08. The minimum Gasteiger partial charge on any atom is -0.342 e. The summed E-state index contributed by atoms with van der Waals surface area (Å²) in [6.45, 7) is 0.0124. The van der Waals surface area contributed by atoms with Gasteiger partial charge in [0, 0.05) is 19.6 Å². The number of carbonyl (C=O) groups excluding carboxylic acids is 2. The lowest BCUT2D eigenvalue weighted by molar-refractivity contribution is -0.152. The van der Waals surface area contributed by atoms with Crippen molar-refractivity contribution in [3.63, 3.8) is 0 Å². The number of piperazine rings is 2. The predicted molar refractivity (Wildman–Crippen MR) is 104 cm³/mol. The number of fused-ring (bicyclic) bond motifs is 1. The van der Waals surface area contributed by atoms with Crippen LogP contribution in [-0.4, -0.2) is 61.2 Å². The van der Waals surface area contributed by atoms with Crippen molar-refractivity contribution in [2.75, 3.05) is 19.6 Å². The zero-order chi connectivity index (χ0) is 20.6. The van der Waals surface area contributed by atoms with Gasteiger partial charge in [-0.25, -0.2) is 12.8 Å². The molecule has 1 aromatic carbocycles. The van der Waals surface area contributed by atoms with E-state index in [9.17, 15) is 22.4 Å². The van der Waals surface area contributed by atoms with Crippen LogP contribution in [0.25, 0.3) is 0 Å². The van der Waals surface area contributed by atoms with Gasteiger partial charge in [-0.1, -0.05) is 44.2 Å². The SMILES string of the molecule is O=C1N[C@@H](CC2CCCCC2)C(=O)N2CCN(S(=O)(=O)c3ccccc3F)C[C@H]12. The molecule has 0 aromatic heterocycles. The summed E-state index contributed by atoms with van der Waals surface area (Å²) in [7, 11) is -4.08. The van der Waals surface area contributed by atoms with Crippen LogP contribution in [0.5, 0.6) is 0 Å². The molecule has 158 valence electrons. The van der Waals surface area contributed by atoms with Crippen molar-refractivity contribution in [2.45, 2.75) is 55.5 Å². The second-order valence-corrected chi connectivity index (χ2v) is 10.0. The molecule has 9 heteroatoms. The van der Waals surface area contributed by atoms with Gasteiger partial charge in [-0.15, -0.1) is 0 Å². The Morgan fingerprint density at radius 2 is 1.79 bits per heavy atom. The van der Waals surface area contributed by atoms with Gasteiger partial charge < -0.3 is 10.2 Å². The fourth-order valence-electron chi connectivity index (χ4n) is 4.70. The summed E-state index contributed by atoms with van der Waals surface area (Å²) in [6, 6.07) is 3.78. The van der Waals surface area contributed by atoms with Crippen molar-refractivity contribution >= 4 is 21.8 Å². The van der Waals surface area contributed by atoms with Crippen molar-refractivity contribution in [3.8, 4) is 0 Å². The number of hydrogen-bond acceptors (Lipinski definition) is 4. The van der Waals surface area contributed by atoms with Crippen LogP contribution in [0.3, 0.4) is 0 Å². The maximum Gasteiger partial charge on any atom is 0.246 e. The molecule has 4 rings (SSSR count). The van der Waals surface area contributed by atoms with Crippen LogP contribution in [-0.2, 0) is 19.6 Å². The summed E-state index contributed by atoms with van der Waals surface area (Å²) < 4.78 is 40.8. The third-order valence-electron chi connectivity index (χ3n) is 6.29. The maximum atomic E-state index is 14.0. The number of benzene rings is 1. The quantitative estimate of drug-likeness (QED) is 0.795. The Bertz CT molecular complexity index is 901. The molecule has 29 heavy (non-hydrogen) atoms. The topological polar surface area (TPSA) is 86.8 Å². The fraction of sp³-hybridized carbons (Fsp3) is 0.600. The molecule has 3 fully saturated rings. The van der Waals surface area contributed by atoms with Gasteiger partial charge in [0.25, 0.3) is 0 Å². The third kappa shape index (κ3) is 3.90. The Balaban J connectivity index is 1.48. The molecule has 1 aliphatic carbocycles. The first-order valence-corrected chi connectivity index (χ1v) is 11.7. The van der Waals surface area contributed by atoms with Gasteiger partial charge in [-0.3, -0.25) is 9.59 Å². The summed E-state index contributed by atoms with van der Waals surface area (Å²) in [4.78, 5) is 26.7. The zero-order valence-corrected chi connectivity index (χ0v) is 17.0. The molecule has 7 nitrogen and oxygen atoms in total. The highest BCUT2D eigenvalue weighted by atomic mass is 32.2. The minimum absolute atomic E-state index is 0.0440. The zero-order valence-electron chi connectivity index (χ0n) is 16.2. The molecule has 2 aliphatic heterocycles. The molecular formula is C20H26FN3O4S. The molecule has 1 N–H and O–H groups in total. The van der Waals surface area contributed by atoms with E-state index < -0.39 is 32.8 Å². The van der Waals surface area contributed by atoms with E-state index in [0.29, 0.717) is 12.3 Å². The van der Waals surface area contributed by atoms with Crippen LogP contribution >= 0.6 is 0 Å². The molecule has 2 heterocycles. The number of sulfonamides is 1. The molecule has 1 saturated carbocycles. The third-order valence-corrected chi connectivity index (χ3v) is 8.19. The summed E-state index contributed by atoms with van der Waals surface area (Å²) in [5.41, 5.74) is 0. The second-order valence-electron chi connectivity index (χ2n) is 8.14. The van der Waals surface area contributed by atoms with E-state index >= 15 is 0 Å². The Kier molecular flexibility index (Phi) is 5.61. The standard InChI is InChI=1S/C20H26FN3O4S/c21-15-8-4-5-9-18(15)29(27,28)23-10-11-24-17(13-23)19(25)22-16(20(24)26)12-14-6-2-1-3-7-14/h4-5,8-9,14,16-17H,1-3,6-7,10-13H2,(H,22,25)/t16-,17+/m0/s1. The van der Waals surface area contributed by atoms with Crippen molar-refractivity contribution in [2.24, 2.45) is 5.92 Å². The summed E-state index contributed by atoms with van der Waals surface area (Å²) in [5.74, 6) is -0.856. The van der Waals surface area contributed by atoms with Crippen molar-refractivity contribution in [1.82, 2.24) is 14.5 Å². The maximum absolute atomic E-state index is 14.0. The molecule has 0 bridgehead atoms. The van der Waals surface area contributed by atoms with Gasteiger partial charge >= 0.3 is 0 Å². The first kappa shape index (κ1) is 20.3. The van der Waals surface area contributed by atoms with Crippen LogP contribution in [0.2, 0.25) is 0 Å². The molecular weight excluding hydrogens is 397 g/mol. The van der Waals surface area contributed by atoms with Crippen LogP contribution in [0.1, 0.15) is 38.5 Å². The number of amides is 2.